The third kappa shape index (κ3) is 5.25. The first kappa shape index (κ1) is 12.6. The van der Waals surface area contributed by atoms with Crippen LogP contribution in [0.4, 0.5) is 13.2 Å². The van der Waals surface area contributed by atoms with Crippen molar-refractivity contribution in [3.63, 3.8) is 0 Å². The fourth-order valence-corrected chi connectivity index (χ4v) is 1.66. The predicted octanol–water partition coefficient (Wildman–Crippen LogP) is 3.95. The quantitative estimate of drug-likeness (QED) is 0.602. The van der Waals surface area contributed by atoms with Crippen molar-refractivity contribution in [1.82, 2.24) is 0 Å². The lowest BCUT2D eigenvalue weighted by Gasteiger charge is -2.09. The zero-order valence-corrected chi connectivity index (χ0v) is 10.2. The zero-order valence-electron chi connectivity index (χ0n) is 8.01. The molecule has 0 saturated carbocycles. The summed E-state index contributed by atoms with van der Waals surface area (Å²) >= 11 is 2.27. The third-order valence-corrected chi connectivity index (χ3v) is 2.11. The van der Waals surface area contributed by atoms with Gasteiger partial charge < -0.3 is 4.74 Å². The Balaban J connectivity index is 2.64. The van der Waals surface area contributed by atoms with E-state index in [-0.39, 0.29) is 5.75 Å². The highest BCUT2D eigenvalue weighted by Crippen LogP contribution is 2.23. The summed E-state index contributed by atoms with van der Waals surface area (Å²) in [5, 5.41) is 0. The van der Waals surface area contributed by atoms with E-state index in [1.165, 1.54) is 12.1 Å². The van der Waals surface area contributed by atoms with Crippen molar-refractivity contribution in [1.29, 1.82) is 0 Å². The Morgan fingerprint density at radius 2 is 1.80 bits per heavy atom. The first-order valence-electron chi connectivity index (χ1n) is 4.35. The van der Waals surface area contributed by atoms with E-state index in [0.717, 1.165) is 12.0 Å². The molecule has 0 aliphatic carbocycles. The highest BCUT2D eigenvalue weighted by atomic mass is 127. The molecule has 1 atom stereocenters. The maximum Gasteiger partial charge on any atom is 0.573 e. The van der Waals surface area contributed by atoms with Crippen molar-refractivity contribution in [2.24, 2.45) is 0 Å². The minimum Gasteiger partial charge on any atom is -0.406 e. The largest absolute Gasteiger partial charge is 0.573 e. The van der Waals surface area contributed by atoms with Gasteiger partial charge in [0.05, 0.1) is 0 Å². The molecule has 1 aromatic rings. The second-order valence-corrected chi connectivity index (χ2v) is 5.30. The second kappa shape index (κ2) is 5.05. The van der Waals surface area contributed by atoms with Crippen molar-refractivity contribution in [3.05, 3.63) is 29.8 Å². The van der Waals surface area contributed by atoms with Gasteiger partial charge in [0.15, 0.2) is 0 Å². The zero-order chi connectivity index (χ0) is 11.5. The number of hydrogen-bond acceptors (Lipinski definition) is 1. The Bertz CT molecular complexity index is 305. The first-order valence-corrected chi connectivity index (χ1v) is 5.60. The summed E-state index contributed by atoms with van der Waals surface area (Å²) in [6.45, 7) is 2.04. The number of rotatable bonds is 3. The van der Waals surface area contributed by atoms with E-state index in [9.17, 15) is 13.2 Å². The molecule has 84 valence electrons. The Morgan fingerprint density at radius 3 is 2.20 bits per heavy atom. The number of halogens is 4. The van der Waals surface area contributed by atoms with Crippen LogP contribution in [0.5, 0.6) is 5.75 Å². The van der Waals surface area contributed by atoms with Crippen LogP contribution in [0.2, 0.25) is 0 Å². The molecule has 0 fully saturated rings. The molecule has 0 amide bonds. The van der Waals surface area contributed by atoms with Crippen LogP contribution in [-0.4, -0.2) is 10.3 Å². The maximum atomic E-state index is 11.8. The summed E-state index contributed by atoms with van der Waals surface area (Å²) in [5.41, 5.74) is 1.01. The molecule has 0 spiro atoms. The van der Waals surface area contributed by atoms with Crippen LogP contribution in [-0.2, 0) is 6.42 Å². The van der Waals surface area contributed by atoms with Gasteiger partial charge in [0.2, 0.25) is 0 Å². The first-order chi connectivity index (χ1) is 6.87. The number of ether oxygens (including phenoxy) is 1. The normalized spacial score (nSPS) is 13.7. The Labute approximate surface area is 99.8 Å². The topological polar surface area (TPSA) is 9.23 Å². The van der Waals surface area contributed by atoms with Crippen LogP contribution in [0.25, 0.3) is 0 Å². The summed E-state index contributed by atoms with van der Waals surface area (Å²) in [6, 6.07) is 5.97. The van der Waals surface area contributed by atoms with Crippen LogP contribution >= 0.6 is 22.6 Å². The lowest BCUT2D eigenvalue weighted by molar-refractivity contribution is -0.274. The maximum absolute atomic E-state index is 11.8. The predicted molar refractivity (Wildman–Crippen MR) is 60.3 cm³/mol. The Kier molecular flexibility index (Phi) is 4.24. The monoisotopic (exact) mass is 330 g/mol. The van der Waals surface area contributed by atoms with E-state index >= 15 is 0 Å². The van der Waals surface area contributed by atoms with Gasteiger partial charge in [-0.15, -0.1) is 13.2 Å². The molecule has 1 aromatic carbocycles. The van der Waals surface area contributed by atoms with Gasteiger partial charge in [0, 0.05) is 3.92 Å². The van der Waals surface area contributed by atoms with Gasteiger partial charge in [-0.05, 0) is 24.1 Å². The molecule has 0 heterocycles. The molecule has 0 aromatic heterocycles. The molecular formula is C10H10F3IO. The molecule has 0 aliphatic rings. The van der Waals surface area contributed by atoms with Crippen molar-refractivity contribution in [3.8, 4) is 5.75 Å². The van der Waals surface area contributed by atoms with Crippen LogP contribution in [0, 0.1) is 0 Å². The second-order valence-electron chi connectivity index (χ2n) is 3.18. The van der Waals surface area contributed by atoms with Gasteiger partial charge in [0.1, 0.15) is 5.75 Å². The standard InChI is InChI=1S/C10H10F3IO/c1-7(14)6-8-2-4-9(5-3-8)15-10(11,12)13/h2-5,7H,6H2,1H3. The highest BCUT2D eigenvalue weighted by Gasteiger charge is 2.30. The van der Waals surface area contributed by atoms with Gasteiger partial charge in [-0.1, -0.05) is 41.6 Å². The van der Waals surface area contributed by atoms with E-state index in [0.29, 0.717) is 3.92 Å². The summed E-state index contributed by atoms with van der Waals surface area (Å²) in [7, 11) is 0. The summed E-state index contributed by atoms with van der Waals surface area (Å²) in [5.74, 6) is -0.174. The minimum atomic E-state index is -4.61. The number of alkyl halides is 4. The number of hydrogen-bond donors (Lipinski definition) is 0. The molecule has 0 saturated heterocycles. The fourth-order valence-electron chi connectivity index (χ4n) is 1.15. The highest BCUT2D eigenvalue weighted by molar-refractivity contribution is 14.1. The molecule has 0 N–H and O–H groups in total. The lowest BCUT2D eigenvalue weighted by Crippen LogP contribution is -2.17. The van der Waals surface area contributed by atoms with Crippen molar-refractivity contribution in [2.45, 2.75) is 23.6 Å². The number of benzene rings is 1. The van der Waals surface area contributed by atoms with Crippen LogP contribution in [0.15, 0.2) is 24.3 Å². The van der Waals surface area contributed by atoms with E-state index in [2.05, 4.69) is 27.3 Å². The van der Waals surface area contributed by atoms with Crippen LogP contribution in [0.3, 0.4) is 0 Å². The smallest absolute Gasteiger partial charge is 0.406 e. The van der Waals surface area contributed by atoms with Gasteiger partial charge in [-0.25, -0.2) is 0 Å². The van der Waals surface area contributed by atoms with E-state index in [1.807, 2.05) is 6.92 Å². The fraction of sp³-hybridized carbons (Fsp3) is 0.400. The summed E-state index contributed by atoms with van der Waals surface area (Å²) < 4.78 is 39.7. The van der Waals surface area contributed by atoms with Crippen molar-refractivity contribution < 1.29 is 17.9 Å². The average Bonchev–Trinajstić information content (AvgIpc) is 2.05. The van der Waals surface area contributed by atoms with Crippen LogP contribution in [0.1, 0.15) is 12.5 Å². The van der Waals surface area contributed by atoms with Crippen molar-refractivity contribution >= 4 is 22.6 Å². The Hall–Kier alpha value is -0.460. The molecule has 0 bridgehead atoms. The summed E-state index contributed by atoms with van der Waals surface area (Å²) in [4.78, 5) is 0. The Morgan fingerprint density at radius 1 is 1.27 bits per heavy atom. The van der Waals surface area contributed by atoms with E-state index in [4.69, 9.17) is 0 Å². The molecule has 1 nitrogen and oxygen atoms in total. The molecule has 0 radical (unpaired) electrons. The molecule has 1 rings (SSSR count). The van der Waals surface area contributed by atoms with Crippen LogP contribution < -0.4 is 4.74 Å². The molecule has 5 heteroatoms. The molecular weight excluding hydrogens is 320 g/mol. The minimum absolute atomic E-state index is 0.174. The molecule has 1 unspecified atom stereocenters. The van der Waals surface area contributed by atoms with Gasteiger partial charge in [0.25, 0.3) is 0 Å². The third-order valence-electron chi connectivity index (χ3n) is 1.67. The van der Waals surface area contributed by atoms with E-state index in [1.54, 1.807) is 12.1 Å². The average molecular weight is 330 g/mol. The summed E-state index contributed by atoms with van der Waals surface area (Å²) in [6.07, 6.45) is -3.77. The lowest BCUT2D eigenvalue weighted by atomic mass is 10.1. The van der Waals surface area contributed by atoms with Gasteiger partial charge >= 0.3 is 6.36 Å². The molecule has 15 heavy (non-hydrogen) atoms. The SMILES string of the molecule is CC(I)Cc1ccc(OC(F)(F)F)cc1. The van der Waals surface area contributed by atoms with Gasteiger partial charge in [-0.3, -0.25) is 0 Å². The molecule has 0 aliphatic heterocycles. The van der Waals surface area contributed by atoms with E-state index < -0.39 is 6.36 Å². The van der Waals surface area contributed by atoms with Gasteiger partial charge in [-0.2, -0.15) is 0 Å². The van der Waals surface area contributed by atoms with Crippen molar-refractivity contribution in [2.75, 3.05) is 0 Å².